The number of rotatable bonds is 7. The third-order valence-electron chi connectivity index (χ3n) is 3.60. The maximum Gasteiger partial charge on any atom is 1.00 e. The standard InChI is InChI=1S/C16H19NO7S.Na/c1-3-24-16(19)15-11(5-7-14(18)23-2)12-8-10(9-25(20,21)22)4-6-13(12)17-15;/h4,6,8,17H,3,5,7,9H2,1-2H3,(H,20,21,22);/q;+1/p-1. The summed E-state index contributed by atoms with van der Waals surface area (Å²) in [5, 5.41) is 0.563. The summed E-state index contributed by atoms with van der Waals surface area (Å²) in [5.74, 6) is -1.67. The van der Waals surface area contributed by atoms with Crippen molar-refractivity contribution in [2.75, 3.05) is 13.7 Å². The van der Waals surface area contributed by atoms with E-state index in [0.29, 0.717) is 22.0 Å². The fraction of sp³-hybridized carbons (Fsp3) is 0.375. The summed E-state index contributed by atoms with van der Waals surface area (Å²) in [6.45, 7) is 1.86. The normalized spacial score (nSPS) is 11.0. The van der Waals surface area contributed by atoms with Gasteiger partial charge in [-0.1, -0.05) is 6.07 Å². The van der Waals surface area contributed by atoms with E-state index in [2.05, 4.69) is 9.72 Å². The average molecular weight is 391 g/mol. The minimum Gasteiger partial charge on any atom is -0.748 e. The third-order valence-corrected chi connectivity index (χ3v) is 4.29. The molecule has 0 spiro atoms. The summed E-state index contributed by atoms with van der Waals surface area (Å²) in [4.78, 5) is 26.5. The zero-order chi connectivity index (χ0) is 18.6. The maximum absolute atomic E-state index is 12.1. The molecule has 0 saturated heterocycles. The number of benzene rings is 1. The smallest absolute Gasteiger partial charge is 0.748 e. The Morgan fingerprint density at radius 3 is 2.54 bits per heavy atom. The number of carbonyl (C=O) groups is 2. The Balaban J connectivity index is 0.00000338. The average Bonchev–Trinajstić information content (AvgIpc) is 2.89. The summed E-state index contributed by atoms with van der Waals surface area (Å²) in [6, 6.07) is 4.60. The molecule has 0 unspecified atom stereocenters. The molecule has 0 fully saturated rings. The molecule has 1 N–H and O–H groups in total. The molecule has 0 radical (unpaired) electrons. The molecule has 136 valence electrons. The fourth-order valence-electron chi connectivity index (χ4n) is 2.56. The first kappa shape index (κ1) is 22.7. The number of aromatic nitrogens is 1. The molecule has 0 bridgehead atoms. The minimum atomic E-state index is -4.43. The van der Waals surface area contributed by atoms with Gasteiger partial charge in [0.05, 0.1) is 29.6 Å². The summed E-state index contributed by atoms with van der Waals surface area (Å²) < 4.78 is 42.5. The summed E-state index contributed by atoms with van der Waals surface area (Å²) in [7, 11) is -3.17. The number of esters is 2. The topological polar surface area (TPSA) is 126 Å². The summed E-state index contributed by atoms with van der Waals surface area (Å²) >= 11 is 0. The van der Waals surface area contributed by atoms with Crippen LogP contribution in [0.4, 0.5) is 0 Å². The first-order chi connectivity index (χ1) is 11.7. The van der Waals surface area contributed by atoms with Gasteiger partial charge in [-0.05, 0) is 36.6 Å². The number of hydrogen-bond acceptors (Lipinski definition) is 7. The van der Waals surface area contributed by atoms with Crippen LogP contribution in [0.2, 0.25) is 0 Å². The van der Waals surface area contributed by atoms with Gasteiger partial charge in [-0.25, -0.2) is 13.2 Å². The second-order valence-electron chi connectivity index (χ2n) is 5.36. The minimum absolute atomic E-state index is 0. The number of H-pyrrole nitrogens is 1. The van der Waals surface area contributed by atoms with Crippen molar-refractivity contribution in [3.63, 3.8) is 0 Å². The van der Waals surface area contributed by atoms with Crippen molar-refractivity contribution in [2.45, 2.75) is 25.5 Å². The van der Waals surface area contributed by atoms with Crippen LogP contribution in [0.5, 0.6) is 0 Å². The molecule has 0 atom stereocenters. The van der Waals surface area contributed by atoms with E-state index in [1.165, 1.54) is 19.2 Å². The Kier molecular flexibility index (Phi) is 8.29. The number of fused-ring (bicyclic) bond motifs is 1. The number of hydrogen-bond donors (Lipinski definition) is 1. The molecule has 0 saturated carbocycles. The van der Waals surface area contributed by atoms with Crippen molar-refractivity contribution < 1.29 is 61.6 Å². The van der Waals surface area contributed by atoms with Gasteiger partial charge in [0.2, 0.25) is 0 Å². The molecule has 1 aromatic carbocycles. The Morgan fingerprint density at radius 1 is 1.27 bits per heavy atom. The van der Waals surface area contributed by atoms with Gasteiger partial charge in [0, 0.05) is 17.3 Å². The SMILES string of the molecule is CCOC(=O)c1[nH]c2ccc(CS(=O)(=O)[O-])cc2c1CCC(=O)OC.[Na+]. The van der Waals surface area contributed by atoms with E-state index in [4.69, 9.17) is 4.74 Å². The van der Waals surface area contributed by atoms with Crippen LogP contribution < -0.4 is 29.6 Å². The third kappa shape index (κ3) is 5.82. The van der Waals surface area contributed by atoms with Crippen LogP contribution in [0, 0.1) is 0 Å². The Bertz CT molecular complexity index is 905. The van der Waals surface area contributed by atoms with E-state index in [1.807, 2.05) is 0 Å². The molecule has 2 rings (SSSR count). The van der Waals surface area contributed by atoms with E-state index in [0.717, 1.165) is 0 Å². The zero-order valence-electron chi connectivity index (χ0n) is 14.8. The number of methoxy groups -OCH3 is 1. The van der Waals surface area contributed by atoms with E-state index in [9.17, 15) is 22.6 Å². The molecule has 2 aromatic rings. The Morgan fingerprint density at radius 2 is 1.96 bits per heavy atom. The first-order valence-corrected chi connectivity index (χ1v) is 9.14. The number of ether oxygens (including phenoxy) is 2. The van der Waals surface area contributed by atoms with Crippen LogP contribution in [0.25, 0.3) is 10.9 Å². The Hall–Kier alpha value is -1.39. The van der Waals surface area contributed by atoms with Gasteiger partial charge < -0.3 is 19.0 Å². The predicted octanol–water partition coefficient (Wildman–Crippen LogP) is -1.50. The van der Waals surface area contributed by atoms with Crippen LogP contribution in [-0.4, -0.2) is 43.6 Å². The van der Waals surface area contributed by atoms with E-state index in [-0.39, 0.29) is 54.7 Å². The summed E-state index contributed by atoms with van der Waals surface area (Å²) in [5.41, 5.74) is 1.60. The van der Waals surface area contributed by atoms with Gasteiger partial charge in [0.15, 0.2) is 0 Å². The van der Waals surface area contributed by atoms with Crippen molar-refractivity contribution in [3.8, 4) is 0 Å². The fourth-order valence-corrected chi connectivity index (χ4v) is 3.14. The predicted molar refractivity (Wildman–Crippen MR) is 88.0 cm³/mol. The van der Waals surface area contributed by atoms with E-state index in [1.54, 1.807) is 13.0 Å². The van der Waals surface area contributed by atoms with Crippen molar-refractivity contribution in [1.82, 2.24) is 4.98 Å². The number of aryl methyl sites for hydroxylation is 1. The Labute approximate surface area is 173 Å². The molecular weight excluding hydrogens is 373 g/mol. The second-order valence-corrected chi connectivity index (χ2v) is 6.76. The largest absolute Gasteiger partial charge is 1.00 e. The summed E-state index contributed by atoms with van der Waals surface area (Å²) in [6.07, 6.45) is 0.244. The molecule has 1 heterocycles. The molecule has 0 aliphatic carbocycles. The number of carbonyl (C=O) groups excluding carboxylic acids is 2. The van der Waals surface area contributed by atoms with Gasteiger partial charge in [0.1, 0.15) is 5.69 Å². The first-order valence-electron chi connectivity index (χ1n) is 7.56. The van der Waals surface area contributed by atoms with Gasteiger partial charge >= 0.3 is 41.5 Å². The molecule has 10 heteroatoms. The van der Waals surface area contributed by atoms with Crippen molar-refractivity contribution >= 4 is 33.0 Å². The van der Waals surface area contributed by atoms with Crippen molar-refractivity contribution in [2.24, 2.45) is 0 Å². The van der Waals surface area contributed by atoms with Gasteiger partial charge in [-0.15, -0.1) is 0 Å². The number of nitrogens with one attached hydrogen (secondary N) is 1. The van der Waals surface area contributed by atoms with E-state index >= 15 is 0 Å². The molecular formula is C16H18NNaO7S. The van der Waals surface area contributed by atoms with Gasteiger partial charge in [-0.3, -0.25) is 4.79 Å². The van der Waals surface area contributed by atoms with Crippen molar-refractivity contribution in [3.05, 3.63) is 35.0 Å². The molecule has 0 aliphatic heterocycles. The molecule has 0 aliphatic rings. The zero-order valence-corrected chi connectivity index (χ0v) is 17.6. The van der Waals surface area contributed by atoms with Crippen LogP contribution in [0.3, 0.4) is 0 Å². The van der Waals surface area contributed by atoms with Crippen LogP contribution in [0.1, 0.15) is 35.0 Å². The molecule has 26 heavy (non-hydrogen) atoms. The molecule has 8 nitrogen and oxygen atoms in total. The van der Waals surface area contributed by atoms with Crippen molar-refractivity contribution in [1.29, 1.82) is 0 Å². The van der Waals surface area contributed by atoms with Crippen LogP contribution in [-0.2, 0) is 36.6 Å². The second kappa shape index (κ2) is 9.52. The number of aromatic amines is 1. The van der Waals surface area contributed by atoms with Gasteiger partial charge in [-0.2, -0.15) is 0 Å². The monoisotopic (exact) mass is 391 g/mol. The van der Waals surface area contributed by atoms with E-state index < -0.39 is 27.8 Å². The quantitative estimate of drug-likeness (QED) is 0.346. The van der Waals surface area contributed by atoms with Gasteiger partial charge in [0.25, 0.3) is 0 Å². The van der Waals surface area contributed by atoms with Crippen LogP contribution >= 0.6 is 0 Å². The molecule has 0 amide bonds. The maximum atomic E-state index is 12.1. The van der Waals surface area contributed by atoms with Crippen LogP contribution in [0.15, 0.2) is 18.2 Å². The molecule has 1 aromatic heterocycles.